The van der Waals surface area contributed by atoms with Crippen molar-refractivity contribution in [2.45, 2.75) is 25.4 Å². The van der Waals surface area contributed by atoms with Gasteiger partial charge in [-0.3, -0.25) is 0 Å². The lowest BCUT2D eigenvalue weighted by atomic mass is 9.87. The molecule has 0 saturated heterocycles. The molecule has 2 rings (SSSR count). The number of halogens is 1. The van der Waals surface area contributed by atoms with E-state index < -0.39 is 0 Å². The first-order valence-electron chi connectivity index (χ1n) is 5.76. The van der Waals surface area contributed by atoms with Gasteiger partial charge < -0.3 is 10.1 Å². The molecule has 0 radical (unpaired) electrons. The maximum Gasteiger partial charge on any atom is 0.105 e. The zero-order chi connectivity index (χ0) is 11.6. The normalized spacial score (nSPS) is 24.9. The highest BCUT2D eigenvalue weighted by Gasteiger charge is 2.33. The van der Waals surface area contributed by atoms with E-state index in [0.29, 0.717) is 0 Å². The van der Waals surface area contributed by atoms with Crippen molar-refractivity contribution in [3.63, 3.8) is 0 Å². The van der Waals surface area contributed by atoms with Crippen LogP contribution in [-0.2, 0) is 16.8 Å². The third-order valence-electron chi connectivity index (χ3n) is 3.51. The Kier molecular flexibility index (Phi) is 3.67. The number of hydrogen-bond donors (Lipinski definition) is 1. The lowest BCUT2D eigenvalue weighted by molar-refractivity contribution is -0.0157. The first-order valence-corrected chi connectivity index (χ1v) is 6.56. The second-order valence-corrected chi connectivity index (χ2v) is 5.20. The van der Waals surface area contributed by atoms with Crippen LogP contribution in [0, 0.1) is 0 Å². The van der Waals surface area contributed by atoms with Gasteiger partial charge in [-0.25, -0.2) is 0 Å². The Morgan fingerprint density at radius 1 is 1.50 bits per heavy atom. The van der Waals surface area contributed by atoms with E-state index in [1.165, 1.54) is 11.1 Å². The molecule has 16 heavy (non-hydrogen) atoms. The molecular weight excluding hydrogens is 266 g/mol. The first-order chi connectivity index (χ1) is 7.72. The molecule has 1 aliphatic rings. The van der Waals surface area contributed by atoms with Crippen LogP contribution in [0.25, 0.3) is 0 Å². The van der Waals surface area contributed by atoms with Crippen LogP contribution in [0.3, 0.4) is 0 Å². The van der Waals surface area contributed by atoms with Gasteiger partial charge in [-0.1, -0.05) is 28.9 Å². The summed E-state index contributed by atoms with van der Waals surface area (Å²) in [6.45, 7) is 4.10. The Balaban J connectivity index is 2.54. The van der Waals surface area contributed by atoms with Crippen molar-refractivity contribution in [3.8, 4) is 0 Å². The highest BCUT2D eigenvalue weighted by Crippen LogP contribution is 2.34. The average Bonchev–Trinajstić information content (AvgIpc) is 2.49. The van der Waals surface area contributed by atoms with E-state index in [0.717, 1.165) is 30.4 Å². The van der Waals surface area contributed by atoms with Crippen molar-refractivity contribution >= 4 is 15.9 Å². The predicted octanol–water partition coefficient (Wildman–Crippen LogP) is 2.85. The molecular formula is C13H18BrNO. The van der Waals surface area contributed by atoms with Crippen LogP contribution in [0.15, 0.2) is 22.7 Å². The molecule has 0 bridgehead atoms. The molecule has 1 heterocycles. The van der Waals surface area contributed by atoms with E-state index in [1.807, 2.05) is 0 Å². The van der Waals surface area contributed by atoms with E-state index in [9.17, 15) is 0 Å². The second kappa shape index (κ2) is 4.86. The fraction of sp³-hybridized carbons (Fsp3) is 0.538. The molecule has 0 saturated carbocycles. The first kappa shape index (κ1) is 12.1. The zero-order valence-electron chi connectivity index (χ0n) is 9.85. The third kappa shape index (κ3) is 2.04. The number of rotatable bonds is 2. The fourth-order valence-electron chi connectivity index (χ4n) is 2.44. The van der Waals surface area contributed by atoms with Crippen LogP contribution in [0.2, 0.25) is 0 Å². The summed E-state index contributed by atoms with van der Waals surface area (Å²) in [5, 5.41) is 3.47. The molecule has 0 spiro atoms. The quantitative estimate of drug-likeness (QED) is 0.901. The second-order valence-electron chi connectivity index (χ2n) is 4.28. The number of fused-ring (bicyclic) bond motifs is 1. The summed E-state index contributed by atoms with van der Waals surface area (Å²) in [6, 6.07) is 6.52. The Morgan fingerprint density at radius 2 is 2.31 bits per heavy atom. The summed E-state index contributed by atoms with van der Waals surface area (Å²) in [5.74, 6) is 0. The predicted molar refractivity (Wildman–Crippen MR) is 69.7 cm³/mol. The van der Waals surface area contributed by atoms with Gasteiger partial charge >= 0.3 is 0 Å². The van der Waals surface area contributed by atoms with Crippen LogP contribution >= 0.6 is 15.9 Å². The third-order valence-corrected chi connectivity index (χ3v) is 4.00. The molecule has 1 unspecified atom stereocenters. The molecule has 0 amide bonds. The maximum absolute atomic E-state index is 5.81. The van der Waals surface area contributed by atoms with Gasteiger partial charge in [0.1, 0.15) is 5.60 Å². The largest absolute Gasteiger partial charge is 0.372 e. The van der Waals surface area contributed by atoms with Crippen molar-refractivity contribution in [2.75, 3.05) is 20.2 Å². The number of ether oxygens (including phenoxy) is 1. The number of benzene rings is 1. The van der Waals surface area contributed by atoms with Crippen molar-refractivity contribution in [2.24, 2.45) is 0 Å². The molecule has 88 valence electrons. The Bertz CT molecular complexity index is 374. The van der Waals surface area contributed by atoms with Gasteiger partial charge in [-0.05, 0) is 42.6 Å². The SMILES string of the molecule is CCC1(OC)CNCCc2ccc(Br)cc21. The lowest BCUT2D eigenvalue weighted by Gasteiger charge is -2.32. The van der Waals surface area contributed by atoms with Gasteiger partial charge in [0.15, 0.2) is 0 Å². The minimum absolute atomic E-state index is 0.171. The monoisotopic (exact) mass is 283 g/mol. The Morgan fingerprint density at radius 3 is 3.00 bits per heavy atom. The zero-order valence-corrected chi connectivity index (χ0v) is 11.4. The van der Waals surface area contributed by atoms with Crippen LogP contribution in [-0.4, -0.2) is 20.2 Å². The fourth-order valence-corrected chi connectivity index (χ4v) is 2.80. The lowest BCUT2D eigenvalue weighted by Crippen LogP contribution is -2.38. The molecule has 1 N–H and O–H groups in total. The molecule has 0 aliphatic carbocycles. The highest BCUT2D eigenvalue weighted by atomic mass is 79.9. The summed E-state index contributed by atoms with van der Waals surface area (Å²) in [7, 11) is 1.81. The highest BCUT2D eigenvalue weighted by molar-refractivity contribution is 9.10. The molecule has 0 aromatic heterocycles. The van der Waals surface area contributed by atoms with Gasteiger partial charge in [0.25, 0.3) is 0 Å². The molecule has 1 atom stereocenters. The molecule has 0 fully saturated rings. The average molecular weight is 284 g/mol. The minimum Gasteiger partial charge on any atom is -0.372 e. The maximum atomic E-state index is 5.81. The summed E-state index contributed by atoms with van der Waals surface area (Å²) in [5.41, 5.74) is 2.56. The summed E-state index contributed by atoms with van der Waals surface area (Å²) in [6.07, 6.45) is 2.06. The summed E-state index contributed by atoms with van der Waals surface area (Å²) in [4.78, 5) is 0. The van der Waals surface area contributed by atoms with Gasteiger partial charge in [-0.2, -0.15) is 0 Å². The number of hydrogen-bond acceptors (Lipinski definition) is 2. The topological polar surface area (TPSA) is 21.3 Å². The summed E-state index contributed by atoms with van der Waals surface area (Å²) < 4.78 is 6.93. The van der Waals surface area contributed by atoms with E-state index in [1.54, 1.807) is 7.11 Å². The van der Waals surface area contributed by atoms with Crippen molar-refractivity contribution < 1.29 is 4.74 Å². The van der Waals surface area contributed by atoms with Crippen LogP contribution in [0.4, 0.5) is 0 Å². The van der Waals surface area contributed by atoms with Crippen LogP contribution in [0.1, 0.15) is 24.5 Å². The number of methoxy groups -OCH3 is 1. The van der Waals surface area contributed by atoms with Crippen molar-refractivity contribution in [1.82, 2.24) is 5.32 Å². The van der Waals surface area contributed by atoms with Gasteiger partial charge in [0.05, 0.1) is 0 Å². The molecule has 1 aromatic rings. The van der Waals surface area contributed by atoms with Crippen LogP contribution in [0.5, 0.6) is 0 Å². The van der Waals surface area contributed by atoms with Crippen molar-refractivity contribution in [1.29, 1.82) is 0 Å². The van der Waals surface area contributed by atoms with Crippen molar-refractivity contribution in [3.05, 3.63) is 33.8 Å². The van der Waals surface area contributed by atoms with E-state index in [4.69, 9.17) is 4.74 Å². The van der Waals surface area contributed by atoms with Gasteiger partial charge in [0, 0.05) is 18.1 Å². The summed E-state index contributed by atoms with van der Waals surface area (Å²) >= 11 is 3.55. The van der Waals surface area contributed by atoms with Gasteiger partial charge in [0.2, 0.25) is 0 Å². The standard InChI is InChI=1S/C13H18BrNO/c1-3-13(16-2)9-15-7-6-10-4-5-11(14)8-12(10)13/h4-5,8,15H,3,6-7,9H2,1-2H3. The number of nitrogens with one attached hydrogen (secondary N) is 1. The Labute approximate surface area is 106 Å². The molecule has 2 nitrogen and oxygen atoms in total. The van der Waals surface area contributed by atoms with E-state index in [2.05, 4.69) is 46.4 Å². The Hall–Kier alpha value is -0.380. The molecule has 3 heteroatoms. The molecule has 1 aromatic carbocycles. The minimum atomic E-state index is -0.171. The van der Waals surface area contributed by atoms with E-state index in [-0.39, 0.29) is 5.60 Å². The van der Waals surface area contributed by atoms with Crippen LogP contribution < -0.4 is 5.32 Å². The van der Waals surface area contributed by atoms with E-state index >= 15 is 0 Å². The smallest absolute Gasteiger partial charge is 0.105 e. The molecule has 1 aliphatic heterocycles. The van der Waals surface area contributed by atoms with Gasteiger partial charge in [-0.15, -0.1) is 0 Å².